The topological polar surface area (TPSA) is 0 Å². The van der Waals surface area contributed by atoms with E-state index in [0.717, 1.165) is 0 Å². The second kappa shape index (κ2) is 10.9. The summed E-state index contributed by atoms with van der Waals surface area (Å²) in [4.78, 5) is 0. The standard InChI is InChI=1S/C46H30/c1-2-12-31(13-3-1)35-28-29-39-36(30-35)16-11-23-40(39)46-43-20-8-6-18-41(43)45(42-19-7-9-21-44(42)46)34-26-24-33(25-27-34)38-22-10-15-32-14-4-5-17-37(32)38/h1-30H. The third-order valence-corrected chi connectivity index (χ3v) is 9.46. The average Bonchev–Trinajstić information content (AvgIpc) is 3.13. The molecule has 0 aromatic heterocycles. The van der Waals surface area contributed by atoms with Gasteiger partial charge in [0.1, 0.15) is 0 Å². The lowest BCUT2D eigenvalue weighted by Crippen LogP contribution is -1.92. The van der Waals surface area contributed by atoms with Crippen LogP contribution in [0.1, 0.15) is 0 Å². The summed E-state index contributed by atoms with van der Waals surface area (Å²) in [6.45, 7) is 0. The molecule has 0 nitrogen and oxygen atoms in total. The van der Waals surface area contributed by atoms with Crippen LogP contribution in [-0.2, 0) is 0 Å². The molecule has 9 aromatic carbocycles. The van der Waals surface area contributed by atoms with Gasteiger partial charge in [-0.2, -0.15) is 0 Å². The molecule has 0 aliphatic carbocycles. The van der Waals surface area contributed by atoms with E-state index in [2.05, 4.69) is 182 Å². The quantitative estimate of drug-likeness (QED) is 0.181. The first-order valence-corrected chi connectivity index (χ1v) is 15.9. The number of hydrogen-bond donors (Lipinski definition) is 0. The van der Waals surface area contributed by atoms with Crippen LogP contribution in [0.15, 0.2) is 182 Å². The van der Waals surface area contributed by atoms with Crippen molar-refractivity contribution in [1.82, 2.24) is 0 Å². The van der Waals surface area contributed by atoms with Crippen molar-refractivity contribution in [3.8, 4) is 44.5 Å². The Kier molecular flexibility index (Phi) is 6.25. The van der Waals surface area contributed by atoms with Crippen LogP contribution in [0.5, 0.6) is 0 Å². The summed E-state index contributed by atoms with van der Waals surface area (Å²) in [5.41, 5.74) is 10.0. The van der Waals surface area contributed by atoms with Crippen LogP contribution in [0, 0.1) is 0 Å². The van der Waals surface area contributed by atoms with Gasteiger partial charge in [-0.3, -0.25) is 0 Å². The van der Waals surface area contributed by atoms with Crippen LogP contribution >= 0.6 is 0 Å². The molecule has 0 radical (unpaired) electrons. The Balaban J connectivity index is 1.25. The van der Waals surface area contributed by atoms with Gasteiger partial charge in [-0.05, 0) is 93.7 Å². The fourth-order valence-electron chi connectivity index (χ4n) is 7.34. The Morgan fingerprint density at radius 1 is 0.217 bits per heavy atom. The lowest BCUT2D eigenvalue weighted by Gasteiger charge is -2.19. The summed E-state index contributed by atoms with van der Waals surface area (Å²) < 4.78 is 0. The Morgan fingerprint density at radius 2 is 0.696 bits per heavy atom. The van der Waals surface area contributed by atoms with Crippen molar-refractivity contribution < 1.29 is 0 Å². The molecule has 9 aromatic rings. The van der Waals surface area contributed by atoms with Gasteiger partial charge in [0, 0.05) is 0 Å². The summed E-state index contributed by atoms with van der Waals surface area (Å²) in [6.07, 6.45) is 0. The molecule has 0 unspecified atom stereocenters. The Morgan fingerprint density at radius 3 is 1.39 bits per heavy atom. The molecule has 0 saturated heterocycles. The highest BCUT2D eigenvalue weighted by molar-refractivity contribution is 6.23. The van der Waals surface area contributed by atoms with Gasteiger partial charge in [-0.1, -0.05) is 176 Å². The summed E-state index contributed by atoms with van der Waals surface area (Å²) in [7, 11) is 0. The molecule has 0 amide bonds. The molecule has 0 bridgehead atoms. The van der Waals surface area contributed by atoms with Gasteiger partial charge in [0.2, 0.25) is 0 Å². The Labute approximate surface area is 268 Å². The predicted octanol–water partition coefficient (Wildman–Crippen LogP) is 13.0. The zero-order chi connectivity index (χ0) is 30.5. The summed E-state index contributed by atoms with van der Waals surface area (Å²) >= 11 is 0. The van der Waals surface area contributed by atoms with Crippen LogP contribution in [0.25, 0.3) is 87.6 Å². The fraction of sp³-hybridized carbons (Fsp3) is 0. The van der Waals surface area contributed by atoms with Gasteiger partial charge in [-0.15, -0.1) is 0 Å². The largest absolute Gasteiger partial charge is 0.0622 e. The zero-order valence-corrected chi connectivity index (χ0v) is 25.3. The molecule has 0 saturated carbocycles. The molecule has 9 rings (SSSR count). The van der Waals surface area contributed by atoms with E-state index < -0.39 is 0 Å². The number of fused-ring (bicyclic) bond motifs is 4. The molecule has 0 fully saturated rings. The predicted molar refractivity (Wildman–Crippen MR) is 198 cm³/mol. The molecule has 0 N–H and O–H groups in total. The van der Waals surface area contributed by atoms with E-state index >= 15 is 0 Å². The second-order valence-electron chi connectivity index (χ2n) is 12.1. The van der Waals surface area contributed by atoms with E-state index in [1.54, 1.807) is 0 Å². The van der Waals surface area contributed by atoms with Gasteiger partial charge in [-0.25, -0.2) is 0 Å². The minimum atomic E-state index is 1.23. The van der Waals surface area contributed by atoms with Crippen LogP contribution in [0.3, 0.4) is 0 Å². The molecule has 0 heterocycles. The van der Waals surface area contributed by atoms with Crippen LogP contribution < -0.4 is 0 Å². The maximum Gasteiger partial charge on any atom is -0.00201 e. The van der Waals surface area contributed by atoms with E-state index in [9.17, 15) is 0 Å². The molecule has 0 atom stereocenters. The highest BCUT2D eigenvalue weighted by Gasteiger charge is 2.18. The maximum absolute atomic E-state index is 2.32. The first kappa shape index (κ1) is 26.4. The monoisotopic (exact) mass is 582 g/mol. The zero-order valence-electron chi connectivity index (χ0n) is 25.3. The van der Waals surface area contributed by atoms with Gasteiger partial charge < -0.3 is 0 Å². The molecular weight excluding hydrogens is 553 g/mol. The molecule has 0 spiro atoms. The summed E-state index contributed by atoms with van der Waals surface area (Å²) in [5, 5.41) is 10.2. The van der Waals surface area contributed by atoms with E-state index in [1.807, 2.05) is 0 Å². The van der Waals surface area contributed by atoms with Crippen molar-refractivity contribution in [3.05, 3.63) is 182 Å². The molecule has 214 valence electrons. The first-order chi connectivity index (χ1) is 22.8. The van der Waals surface area contributed by atoms with Crippen LogP contribution in [0.4, 0.5) is 0 Å². The third-order valence-electron chi connectivity index (χ3n) is 9.46. The third kappa shape index (κ3) is 4.30. The number of hydrogen-bond acceptors (Lipinski definition) is 0. The van der Waals surface area contributed by atoms with Crippen molar-refractivity contribution in [3.63, 3.8) is 0 Å². The minimum Gasteiger partial charge on any atom is -0.0622 e. The van der Waals surface area contributed by atoms with Crippen molar-refractivity contribution >= 4 is 43.1 Å². The number of benzene rings is 9. The van der Waals surface area contributed by atoms with Crippen molar-refractivity contribution in [1.29, 1.82) is 0 Å². The average molecular weight is 583 g/mol. The molecular formula is C46H30. The Bertz CT molecular complexity index is 2490. The highest BCUT2D eigenvalue weighted by atomic mass is 14.2. The lowest BCUT2D eigenvalue weighted by molar-refractivity contribution is 1.63. The van der Waals surface area contributed by atoms with Gasteiger partial charge >= 0.3 is 0 Å². The van der Waals surface area contributed by atoms with Crippen molar-refractivity contribution in [2.45, 2.75) is 0 Å². The number of rotatable bonds is 4. The summed E-state index contributed by atoms with van der Waals surface area (Å²) in [6, 6.07) is 66.5. The minimum absolute atomic E-state index is 1.23. The van der Waals surface area contributed by atoms with Gasteiger partial charge in [0.15, 0.2) is 0 Å². The summed E-state index contributed by atoms with van der Waals surface area (Å²) in [5.74, 6) is 0. The molecule has 0 aliphatic heterocycles. The van der Waals surface area contributed by atoms with Crippen LogP contribution in [-0.4, -0.2) is 0 Å². The van der Waals surface area contributed by atoms with E-state index in [-0.39, 0.29) is 0 Å². The first-order valence-electron chi connectivity index (χ1n) is 15.9. The molecule has 0 heteroatoms. The lowest BCUT2D eigenvalue weighted by atomic mass is 9.84. The van der Waals surface area contributed by atoms with Gasteiger partial charge in [0.25, 0.3) is 0 Å². The Hall–Kier alpha value is -5.98. The van der Waals surface area contributed by atoms with E-state index in [0.29, 0.717) is 0 Å². The molecule has 0 aliphatic rings. The SMILES string of the molecule is c1ccc(-c2ccc3c(-c4c5ccccc5c(-c5ccc(-c6cccc7ccccc67)cc5)c5ccccc45)cccc3c2)cc1. The second-order valence-corrected chi connectivity index (χ2v) is 12.1. The van der Waals surface area contributed by atoms with Crippen molar-refractivity contribution in [2.75, 3.05) is 0 Å². The normalized spacial score (nSPS) is 11.5. The van der Waals surface area contributed by atoms with Gasteiger partial charge in [0.05, 0.1) is 0 Å². The van der Waals surface area contributed by atoms with Crippen molar-refractivity contribution in [2.24, 2.45) is 0 Å². The van der Waals surface area contributed by atoms with Crippen LogP contribution in [0.2, 0.25) is 0 Å². The fourth-order valence-corrected chi connectivity index (χ4v) is 7.34. The maximum atomic E-state index is 2.32. The smallest absolute Gasteiger partial charge is 0.00201 e. The van der Waals surface area contributed by atoms with E-state index in [4.69, 9.17) is 0 Å². The molecule has 46 heavy (non-hydrogen) atoms. The van der Waals surface area contributed by atoms with E-state index in [1.165, 1.54) is 87.6 Å². The highest BCUT2D eigenvalue weighted by Crippen LogP contribution is 2.45.